The Balaban J connectivity index is 1.31. The summed E-state index contributed by atoms with van der Waals surface area (Å²) in [5.74, 6) is 0.946. The monoisotopic (exact) mass is 442 g/mol. The highest BCUT2D eigenvalue weighted by Crippen LogP contribution is 2.34. The SMILES string of the molecule is S=C(Nc1ccc(OC2CCCC2)cc1)NC1(CCc2ccc(Cl)cc2)CCCC1. The molecular weight excluding hydrogens is 412 g/mol. The van der Waals surface area contributed by atoms with E-state index < -0.39 is 0 Å². The van der Waals surface area contributed by atoms with E-state index in [1.807, 2.05) is 36.4 Å². The van der Waals surface area contributed by atoms with Crippen molar-refractivity contribution in [3.05, 3.63) is 59.1 Å². The van der Waals surface area contributed by atoms with E-state index in [-0.39, 0.29) is 5.54 Å². The van der Waals surface area contributed by atoms with Crippen molar-refractivity contribution in [2.75, 3.05) is 5.32 Å². The van der Waals surface area contributed by atoms with Crippen LogP contribution in [0.3, 0.4) is 0 Å². The van der Waals surface area contributed by atoms with Gasteiger partial charge in [-0.3, -0.25) is 0 Å². The van der Waals surface area contributed by atoms with Gasteiger partial charge in [-0.2, -0.15) is 0 Å². The lowest BCUT2D eigenvalue weighted by atomic mass is 9.89. The van der Waals surface area contributed by atoms with Gasteiger partial charge in [0.25, 0.3) is 0 Å². The molecule has 0 aromatic heterocycles. The highest BCUT2D eigenvalue weighted by atomic mass is 35.5. The summed E-state index contributed by atoms with van der Waals surface area (Å²) in [5.41, 5.74) is 2.40. The second-order valence-corrected chi connectivity index (χ2v) is 9.59. The van der Waals surface area contributed by atoms with Crippen LogP contribution in [-0.2, 0) is 6.42 Å². The first-order valence-corrected chi connectivity index (χ1v) is 12.0. The van der Waals surface area contributed by atoms with E-state index in [0.29, 0.717) is 11.2 Å². The van der Waals surface area contributed by atoms with Gasteiger partial charge in [-0.15, -0.1) is 0 Å². The van der Waals surface area contributed by atoms with Crippen molar-refractivity contribution in [3.8, 4) is 5.75 Å². The van der Waals surface area contributed by atoms with Crippen LogP contribution in [0.15, 0.2) is 48.5 Å². The zero-order valence-corrected chi connectivity index (χ0v) is 19.0. The third-order valence-electron chi connectivity index (χ3n) is 6.46. The zero-order chi connectivity index (χ0) is 20.8. The van der Waals surface area contributed by atoms with Crippen LogP contribution in [-0.4, -0.2) is 16.8 Å². The number of hydrogen-bond acceptors (Lipinski definition) is 2. The molecule has 2 N–H and O–H groups in total. The molecule has 3 nitrogen and oxygen atoms in total. The van der Waals surface area contributed by atoms with Crippen LogP contribution in [0, 0.1) is 0 Å². The van der Waals surface area contributed by atoms with Gasteiger partial charge in [0.15, 0.2) is 5.11 Å². The second-order valence-electron chi connectivity index (χ2n) is 8.74. The van der Waals surface area contributed by atoms with Crippen LogP contribution in [0.5, 0.6) is 5.75 Å². The molecule has 2 aromatic rings. The highest BCUT2D eigenvalue weighted by molar-refractivity contribution is 7.80. The molecule has 0 bridgehead atoms. The first-order chi connectivity index (χ1) is 14.6. The highest BCUT2D eigenvalue weighted by Gasteiger charge is 2.34. The maximum absolute atomic E-state index is 6.06. The number of hydrogen-bond donors (Lipinski definition) is 2. The molecule has 0 spiro atoms. The quantitative estimate of drug-likeness (QED) is 0.457. The van der Waals surface area contributed by atoms with Gasteiger partial charge in [0.1, 0.15) is 5.75 Å². The number of rotatable bonds is 7. The third kappa shape index (κ3) is 5.89. The molecule has 0 radical (unpaired) electrons. The molecule has 2 saturated carbocycles. The molecule has 160 valence electrons. The van der Waals surface area contributed by atoms with Crippen molar-refractivity contribution in [2.24, 2.45) is 0 Å². The molecule has 0 heterocycles. The number of thiocarbonyl (C=S) groups is 1. The Morgan fingerprint density at radius 2 is 1.63 bits per heavy atom. The molecule has 2 aromatic carbocycles. The van der Waals surface area contributed by atoms with Crippen molar-refractivity contribution in [1.82, 2.24) is 5.32 Å². The Labute approximate surface area is 190 Å². The van der Waals surface area contributed by atoms with E-state index in [1.54, 1.807) is 0 Å². The topological polar surface area (TPSA) is 33.3 Å². The van der Waals surface area contributed by atoms with Crippen molar-refractivity contribution in [2.45, 2.75) is 75.9 Å². The fourth-order valence-electron chi connectivity index (χ4n) is 4.74. The average Bonchev–Trinajstić information content (AvgIpc) is 3.42. The Bertz CT molecular complexity index is 825. The number of ether oxygens (including phenoxy) is 1. The summed E-state index contributed by atoms with van der Waals surface area (Å²) in [7, 11) is 0. The summed E-state index contributed by atoms with van der Waals surface area (Å²) in [6.45, 7) is 0. The first-order valence-electron chi connectivity index (χ1n) is 11.2. The molecule has 30 heavy (non-hydrogen) atoms. The second kappa shape index (κ2) is 10.0. The zero-order valence-electron chi connectivity index (χ0n) is 17.5. The van der Waals surface area contributed by atoms with Gasteiger partial charge in [-0.05, 0) is 106 Å². The van der Waals surface area contributed by atoms with Crippen LogP contribution in [0.2, 0.25) is 5.02 Å². The Morgan fingerprint density at radius 1 is 0.967 bits per heavy atom. The van der Waals surface area contributed by atoms with Crippen LogP contribution >= 0.6 is 23.8 Å². The van der Waals surface area contributed by atoms with E-state index in [4.69, 9.17) is 28.6 Å². The van der Waals surface area contributed by atoms with Crippen molar-refractivity contribution in [3.63, 3.8) is 0 Å². The minimum atomic E-state index is 0.0786. The van der Waals surface area contributed by atoms with E-state index in [2.05, 4.69) is 22.8 Å². The van der Waals surface area contributed by atoms with Gasteiger partial charge in [0.2, 0.25) is 0 Å². The molecule has 2 fully saturated rings. The van der Waals surface area contributed by atoms with Crippen molar-refractivity contribution < 1.29 is 4.74 Å². The minimum absolute atomic E-state index is 0.0786. The summed E-state index contributed by atoms with van der Waals surface area (Å²) in [4.78, 5) is 0. The number of anilines is 1. The summed E-state index contributed by atoms with van der Waals surface area (Å²) in [5, 5.41) is 8.52. The lowest BCUT2D eigenvalue weighted by Crippen LogP contribution is -2.48. The first kappa shape index (κ1) is 21.5. The molecule has 0 saturated heterocycles. The van der Waals surface area contributed by atoms with Gasteiger partial charge < -0.3 is 15.4 Å². The molecule has 2 aliphatic carbocycles. The standard InChI is InChI=1S/C25H31ClN2OS/c26-20-9-7-19(8-10-20)15-18-25(16-3-4-17-25)28-24(30)27-21-11-13-23(14-12-21)29-22-5-1-2-6-22/h7-14,22H,1-6,15-18H2,(H2,27,28,30). The molecule has 2 aliphatic rings. The maximum atomic E-state index is 6.06. The largest absolute Gasteiger partial charge is 0.490 e. The van der Waals surface area contributed by atoms with Crippen LogP contribution in [0.4, 0.5) is 5.69 Å². The van der Waals surface area contributed by atoms with Crippen LogP contribution in [0.25, 0.3) is 0 Å². The Hall–Kier alpha value is -1.78. The molecule has 0 amide bonds. The van der Waals surface area contributed by atoms with Crippen LogP contribution in [0.1, 0.15) is 63.4 Å². The minimum Gasteiger partial charge on any atom is -0.490 e. The smallest absolute Gasteiger partial charge is 0.171 e. The summed E-state index contributed by atoms with van der Waals surface area (Å²) in [6, 6.07) is 16.4. The predicted octanol–water partition coefficient (Wildman–Crippen LogP) is 6.89. The third-order valence-corrected chi connectivity index (χ3v) is 6.92. The maximum Gasteiger partial charge on any atom is 0.171 e. The normalized spacial score (nSPS) is 18.3. The molecular formula is C25H31ClN2OS. The molecule has 0 unspecified atom stereocenters. The van der Waals surface area contributed by atoms with Crippen molar-refractivity contribution >= 4 is 34.6 Å². The number of nitrogens with one attached hydrogen (secondary N) is 2. The molecule has 4 rings (SSSR count). The predicted molar refractivity (Wildman–Crippen MR) is 130 cm³/mol. The Morgan fingerprint density at radius 3 is 2.30 bits per heavy atom. The molecule has 0 aliphatic heterocycles. The van der Waals surface area contributed by atoms with E-state index in [9.17, 15) is 0 Å². The Kier molecular flexibility index (Phi) is 7.16. The van der Waals surface area contributed by atoms with Gasteiger partial charge in [-0.1, -0.05) is 36.6 Å². The van der Waals surface area contributed by atoms with Gasteiger partial charge >= 0.3 is 0 Å². The molecule has 0 atom stereocenters. The van der Waals surface area contributed by atoms with Crippen LogP contribution < -0.4 is 15.4 Å². The lowest BCUT2D eigenvalue weighted by Gasteiger charge is -2.32. The number of benzene rings is 2. The van der Waals surface area contributed by atoms with E-state index in [1.165, 1.54) is 44.1 Å². The fraction of sp³-hybridized carbons (Fsp3) is 0.480. The van der Waals surface area contributed by atoms with E-state index >= 15 is 0 Å². The number of halogens is 1. The van der Waals surface area contributed by atoms with Gasteiger partial charge in [0, 0.05) is 16.2 Å². The summed E-state index contributed by atoms with van der Waals surface area (Å²) in [6.07, 6.45) is 12.2. The van der Waals surface area contributed by atoms with Gasteiger partial charge in [0.05, 0.1) is 6.10 Å². The summed E-state index contributed by atoms with van der Waals surface area (Å²) >= 11 is 11.7. The van der Waals surface area contributed by atoms with Gasteiger partial charge in [-0.25, -0.2) is 0 Å². The lowest BCUT2D eigenvalue weighted by molar-refractivity contribution is 0.210. The van der Waals surface area contributed by atoms with E-state index in [0.717, 1.165) is 42.1 Å². The molecule has 5 heteroatoms. The number of aryl methyl sites for hydroxylation is 1. The fourth-order valence-corrected chi connectivity index (χ4v) is 5.20. The summed E-state index contributed by atoms with van der Waals surface area (Å²) < 4.78 is 6.06. The average molecular weight is 443 g/mol. The van der Waals surface area contributed by atoms with Crippen molar-refractivity contribution in [1.29, 1.82) is 0 Å².